The van der Waals surface area contributed by atoms with Crippen molar-refractivity contribution in [3.63, 3.8) is 0 Å². The van der Waals surface area contributed by atoms with Gasteiger partial charge in [-0.25, -0.2) is 4.79 Å². The normalized spacial score (nSPS) is 9.50. The number of aliphatic carboxylic acids is 1. The van der Waals surface area contributed by atoms with Crippen molar-refractivity contribution < 1.29 is 14.7 Å². The van der Waals surface area contributed by atoms with Gasteiger partial charge in [-0.1, -0.05) is 0 Å². The van der Waals surface area contributed by atoms with Crippen LogP contribution in [0.3, 0.4) is 0 Å². The van der Waals surface area contributed by atoms with Gasteiger partial charge in [0.2, 0.25) is 5.91 Å². The summed E-state index contributed by atoms with van der Waals surface area (Å²) in [6.45, 7) is 0. The Kier molecular flexibility index (Phi) is 6.48. The minimum absolute atomic E-state index is 0. The summed E-state index contributed by atoms with van der Waals surface area (Å²) >= 11 is 0. The number of carbonyl (C=O) groups excluding carboxylic acids is 1. The molecule has 0 spiro atoms. The summed E-state index contributed by atoms with van der Waals surface area (Å²) in [5, 5.41) is 10.8. The number of hydrogen-bond acceptors (Lipinski definition) is 3. The molecule has 0 radical (unpaired) electrons. The summed E-state index contributed by atoms with van der Waals surface area (Å²) in [6, 6.07) is 6.52. The van der Waals surface area contributed by atoms with Gasteiger partial charge in [-0.15, -0.1) is 0 Å². The van der Waals surface area contributed by atoms with Crippen molar-refractivity contribution in [1.29, 1.82) is 0 Å². The number of nitrogens with two attached hydrogens (primary N) is 1. The van der Waals surface area contributed by atoms with E-state index in [4.69, 9.17) is 10.8 Å². The molecule has 0 aliphatic rings. The van der Waals surface area contributed by atoms with Crippen LogP contribution in [0.5, 0.6) is 0 Å². The Morgan fingerprint density at radius 1 is 1.19 bits per heavy atom. The van der Waals surface area contributed by atoms with Crippen LogP contribution in [0.4, 0.5) is 11.4 Å². The van der Waals surface area contributed by atoms with E-state index in [9.17, 15) is 9.59 Å². The first-order valence-corrected chi connectivity index (χ1v) is 4.15. The van der Waals surface area contributed by atoms with Crippen LogP contribution in [-0.4, -0.2) is 46.5 Å². The molecule has 0 unspecified atom stereocenters. The van der Waals surface area contributed by atoms with E-state index in [0.29, 0.717) is 11.4 Å². The molecule has 0 saturated carbocycles. The third kappa shape index (κ3) is 5.55. The van der Waals surface area contributed by atoms with Gasteiger partial charge in [0.15, 0.2) is 0 Å². The predicted molar refractivity (Wildman–Crippen MR) is 63.4 cm³/mol. The van der Waals surface area contributed by atoms with E-state index in [-0.39, 0.29) is 29.6 Å². The minimum atomic E-state index is -1.16. The van der Waals surface area contributed by atoms with Gasteiger partial charge in [0.25, 0.3) is 0 Å². The Bertz CT molecular complexity index is 401. The molecule has 1 rings (SSSR count). The topological polar surface area (TPSA) is 92.4 Å². The molecule has 6 heteroatoms. The van der Waals surface area contributed by atoms with Crippen LogP contribution in [0.25, 0.3) is 0 Å². The van der Waals surface area contributed by atoms with Gasteiger partial charge in [-0.3, -0.25) is 4.79 Å². The first-order valence-electron chi connectivity index (χ1n) is 4.15. The van der Waals surface area contributed by atoms with Crippen LogP contribution in [0.15, 0.2) is 36.4 Å². The van der Waals surface area contributed by atoms with Crippen molar-refractivity contribution in [2.75, 3.05) is 11.1 Å². The summed E-state index contributed by atoms with van der Waals surface area (Å²) in [6.07, 6.45) is 1.71. The number of carbonyl (C=O) groups is 2. The summed E-state index contributed by atoms with van der Waals surface area (Å²) in [5.74, 6) is -1.66. The molecule has 4 N–H and O–H groups in total. The number of carboxylic acids is 1. The molecule has 80 valence electrons. The van der Waals surface area contributed by atoms with Crippen LogP contribution in [0, 0.1) is 0 Å². The zero-order chi connectivity index (χ0) is 11.3. The van der Waals surface area contributed by atoms with Crippen molar-refractivity contribution in [2.24, 2.45) is 0 Å². The average Bonchev–Trinajstić information content (AvgIpc) is 2.19. The number of carboxylic acid groups (broad SMARTS) is 1. The molecule has 1 aromatic rings. The molecule has 1 aromatic carbocycles. The van der Waals surface area contributed by atoms with Crippen molar-refractivity contribution in [1.82, 2.24) is 0 Å². The van der Waals surface area contributed by atoms with Gasteiger partial charge in [-0.05, 0) is 24.3 Å². The standard InChI is InChI=1S/C10H10N2O3.Na.H/c11-7-1-3-8(4-2-7)12-9(13)5-6-10(14)15;;/h1-6H,11H2,(H,12,13)(H,14,15);;. The molecule has 0 aliphatic heterocycles. The Hall–Kier alpha value is -1.30. The zero-order valence-electron chi connectivity index (χ0n) is 7.81. The zero-order valence-corrected chi connectivity index (χ0v) is 7.81. The second-order valence-corrected chi connectivity index (χ2v) is 2.78. The number of anilines is 2. The van der Waals surface area contributed by atoms with Crippen LogP contribution in [-0.2, 0) is 9.59 Å². The van der Waals surface area contributed by atoms with Gasteiger partial charge >= 0.3 is 35.5 Å². The van der Waals surface area contributed by atoms with Crippen molar-refractivity contribution in [2.45, 2.75) is 0 Å². The fraction of sp³-hybridized carbons (Fsp3) is 0. The van der Waals surface area contributed by atoms with Gasteiger partial charge < -0.3 is 16.2 Å². The first kappa shape index (κ1) is 14.7. The third-order valence-corrected chi connectivity index (χ3v) is 1.56. The summed E-state index contributed by atoms with van der Waals surface area (Å²) < 4.78 is 0. The quantitative estimate of drug-likeness (QED) is 0.393. The molecule has 5 nitrogen and oxygen atoms in total. The number of nitrogens with one attached hydrogen (secondary N) is 1. The Morgan fingerprint density at radius 3 is 2.25 bits per heavy atom. The van der Waals surface area contributed by atoms with E-state index in [0.717, 1.165) is 12.2 Å². The van der Waals surface area contributed by atoms with Crippen LogP contribution in [0.2, 0.25) is 0 Å². The van der Waals surface area contributed by atoms with E-state index in [1.165, 1.54) is 0 Å². The van der Waals surface area contributed by atoms with Crippen LogP contribution in [0.1, 0.15) is 0 Å². The molecular weight excluding hydrogens is 219 g/mol. The van der Waals surface area contributed by atoms with E-state index < -0.39 is 11.9 Å². The number of rotatable bonds is 3. The van der Waals surface area contributed by atoms with E-state index in [2.05, 4.69) is 5.32 Å². The fourth-order valence-corrected chi connectivity index (χ4v) is 0.897. The predicted octanol–water partition coefficient (Wildman–Crippen LogP) is 0.200. The van der Waals surface area contributed by atoms with E-state index in [1.807, 2.05) is 0 Å². The maximum absolute atomic E-state index is 11.1. The number of amides is 1. The second-order valence-electron chi connectivity index (χ2n) is 2.78. The second kappa shape index (κ2) is 7.05. The van der Waals surface area contributed by atoms with E-state index in [1.54, 1.807) is 24.3 Å². The van der Waals surface area contributed by atoms with Crippen LogP contribution < -0.4 is 11.1 Å². The summed E-state index contributed by atoms with van der Waals surface area (Å²) in [5.41, 5.74) is 6.60. The maximum atomic E-state index is 11.1. The molecule has 0 aliphatic carbocycles. The van der Waals surface area contributed by atoms with Gasteiger partial charge in [0, 0.05) is 23.5 Å². The molecule has 1 amide bonds. The monoisotopic (exact) mass is 230 g/mol. The van der Waals surface area contributed by atoms with Gasteiger partial charge in [0.1, 0.15) is 0 Å². The molecular formula is C10H11N2NaO3. The summed E-state index contributed by atoms with van der Waals surface area (Å²) in [4.78, 5) is 21.2. The Labute approximate surface area is 115 Å². The Balaban J connectivity index is 0.00000225. The average molecular weight is 230 g/mol. The van der Waals surface area contributed by atoms with Gasteiger partial charge in [-0.2, -0.15) is 0 Å². The van der Waals surface area contributed by atoms with Crippen molar-refractivity contribution >= 4 is 52.8 Å². The summed E-state index contributed by atoms with van der Waals surface area (Å²) in [7, 11) is 0. The molecule has 0 heterocycles. The number of hydrogen-bond donors (Lipinski definition) is 3. The fourth-order valence-electron chi connectivity index (χ4n) is 0.897. The van der Waals surface area contributed by atoms with E-state index >= 15 is 0 Å². The molecule has 0 atom stereocenters. The van der Waals surface area contributed by atoms with Crippen LogP contribution >= 0.6 is 0 Å². The molecule has 16 heavy (non-hydrogen) atoms. The van der Waals surface area contributed by atoms with Gasteiger partial charge in [0.05, 0.1) is 0 Å². The van der Waals surface area contributed by atoms with Crippen molar-refractivity contribution in [3.05, 3.63) is 36.4 Å². The molecule has 0 saturated heterocycles. The molecule has 0 aromatic heterocycles. The number of nitrogen functional groups attached to an aromatic ring is 1. The molecule has 0 bridgehead atoms. The Morgan fingerprint density at radius 2 is 1.75 bits per heavy atom. The molecule has 0 fully saturated rings. The van der Waals surface area contributed by atoms with Crippen molar-refractivity contribution in [3.8, 4) is 0 Å². The number of benzene rings is 1. The SMILES string of the molecule is Nc1ccc(NC(=O)C=CC(=O)O)cc1.[NaH]. The first-order chi connectivity index (χ1) is 7.08. The third-order valence-electron chi connectivity index (χ3n) is 1.56.